The summed E-state index contributed by atoms with van der Waals surface area (Å²) in [5.74, 6) is 0.503. The molecule has 2 heterocycles. The van der Waals surface area contributed by atoms with Crippen LogP contribution in [0.15, 0.2) is 78.1 Å². The van der Waals surface area contributed by atoms with E-state index in [9.17, 15) is 9.35 Å². The summed E-state index contributed by atoms with van der Waals surface area (Å²) in [5, 5.41) is 11.3. The smallest absolute Gasteiger partial charge is 0.274 e. The lowest BCUT2D eigenvalue weighted by molar-refractivity contribution is 0.102. The van der Waals surface area contributed by atoms with Gasteiger partial charge in [-0.2, -0.15) is 0 Å². The van der Waals surface area contributed by atoms with Crippen LogP contribution < -0.4 is 10.0 Å². The summed E-state index contributed by atoms with van der Waals surface area (Å²) in [6, 6.07) is 19.2. The molecule has 0 bridgehead atoms. The molecule has 1 atom stereocenters. The number of pyridine rings is 1. The molecule has 35 heavy (non-hydrogen) atoms. The highest BCUT2D eigenvalue weighted by Gasteiger charge is 2.26. The van der Waals surface area contributed by atoms with Crippen LogP contribution >= 0.6 is 0 Å². The van der Waals surface area contributed by atoms with Crippen LogP contribution in [-0.2, 0) is 11.4 Å². The van der Waals surface area contributed by atoms with E-state index >= 15 is 0 Å². The van der Waals surface area contributed by atoms with Crippen molar-refractivity contribution in [2.24, 2.45) is 0 Å². The first-order valence-corrected chi connectivity index (χ1v) is 12.7. The van der Waals surface area contributed by atoms with Gasteiger partial charge in [0.25, 0.3) is 5.91 Å². The quantitative estimate of drug-likeness (QED) is 0.352. The SMILES string of the molecule is CC(C)N[S+]([O-])c1ccc(-c2ccnc(C(=O)Nc3cccc(-c4nncn4C4CC4)c3)c2)cc1. The molecule has 1 aliphatic rings. The lowest BCUT2D eigenvalue weighted by Crippen LogP contribution is -2.30. The molecule has 2 aromatic heterocycles. The first kappa shape index (κ1) is 23.2. The summed E-state index contributed by atoms with van der Waals surface area (Å²) in [7, 11) is 0. The number of rotatable bonds is 8. The normalized spacial score (nSPS) is 14.2. The number of anilines is 1. The number of hydrogen-bond donors (Lipinski definition) is 2. The van der Waals surface area contributed by atoms with Gasteiger partial charge in [-0.3, -0.25) is 9.78 Å². The van der Waals surface area contributed by atoms with Crippen LogP contribution in [0.1, 0.15) is 43.2 Å². The fourth-order valence-corrected chi connectivity index (χ4v) is 4.74. The van der Waals surface area contributed by atoms with Gasteiger partial charge in [-0.25, -0.2) is 0 Å². The van der Waals surface area contributed by atoms with Crippen molar-refractivity contribution in [2.45, 2.75) is 43.7 Å². The van der Waals surface area contributed by atoms with Crippen LogP contribution in [0, 0.1) is 0 Å². The zero-order valence-corrected chi connectivity index (χ0v) is 20.3. The Morgan fingerprint density at radius 3 is 2.60 bits per heavy atom. The van der Waals surface area contributed by atoms with Gasteiger partial charge in [0.15, 0.2) is 10.7 Å². The highest BCUT2D eigenvalue weighted by atomic mass is 32.2. The van der Waals surface area contributed by atoms with Crippen LogP contribution in [0.3, 0.4) is 0 Å². The zero-order valence-electron chi connectivity index (χ0n) is 19.5. The monoisotopic (exact) mass is 486 g/mol. The fourth-order valence-electron chi connectivity index (χ4n) is 3.79. The van der Waals surface area contributed by atoms with Crippen molar-refractivity contribution < 1.29 is 9.35 Å². The Balaban J connectivity index is 1.31. The van der Waals surface area contributed by atoms with Crippen LogP contribution in [0.2, 0.25) is 0 Å². The van der Waals surface area contributed by atoms with E-state index in [1.807, 2.05) is 68.4 Å². The van der Waals surface area contributed by atoms with E-state index in [0.29, 0.717) is 22.3 Å². The largest absolute Gasteiger partial charge is 0.593 e. The Hall–Kier alpha value is -3.53. The minimum Gasteiger partial charge on any atom is -0.593 e. The number of nitrogens with one attached hydrogen (secondary N) is 2. The van der Waals surface area contributed by atoms with Crippen LogP contribution in [-0.4, -0.2) is 36.3 Å². The third-order valence-electron chi connectivity index (χ3n) is 5.63. The Labute approximate surface area is 207 Å². The van der Waals surface area contributed by atoms with Crippen molar-refractivity contribution in [3.8, 4) is 22.5 Å². The van der Waals surface area contributed by atoms with Crippen molar-refractivity contribution >= 4 is 23.0 Å². The number of benzene rings is 2. The molecule has 2 N–H and O–H groups in total. The summed E-state index contributed by atoms with van der Waals surface area (Å²) < 4.78 is 17.4. The van der Waals surface area contributed by atoms with Gasteiger partial charge in [0.05, 0.1) is 11.4 Å². The molecule has 2 aromatic carbocycles. The van der Waals surface area contributed by atoms with E-state index in [4.69, 9.17) is 0 Å². The number of carbonyl (C=O) groups excluding carboxylic acids is 1. The second-order valence-corrected chi connectivity index (χ2v) is 10.1. The average molecular weight is 487 g/mol. The van der Waals surface area contributed by atoms with E-state index in [-0.39, 0.29) is 11.9 Å². The zero-order chi connectivity index (χ0) is 24.4. The molecule has 0 aliphatic heterocycles. The molecule has 0 radical (unpaired) electrons. The van der Waals surface area contributed by atoms with Crippen LogP contribution in [0.4, 0.5) is 5.69 Å². The topological polar surface area (TPSA) is 108 Å². The maximum Gasteiger partial charge on any atom is 0.274 e. The van der Waals surface area contributed by atoms with Gasteiger partial charge in [-0.05, 0) is 86.3 Å². The van der Waals surface area contributed by atoms with Gasteiger partial charge < -0.3 is 14.4 Å². The second-order valence-electron chi connectivity index (χ2n) is 8.82. The fraction of sp³-hybridized carbons (Fsp3) is 0.231. The Morgan fingerprint density at radius 1 is 1.06 bits per heavy atom. The number of amides is 1. The molecule has 0 saturated heterocycles. The van der Waals surface area contributed by atoms with E-state index < -0.39 is 11.4 Å². The Morgan fingerprint density at radius 2 is 1.86 bits per heavy atom. The van der Waals surface area contributed by atoms with Crippen molar-refractivity contribution in [1.29, 1.82) is 0 Å². The van der Waals surface area contributed by atoms with E-state index in [0.717, 1.165) is 35.4 Å². The Kier molecular flexibility index (Phi) is 6.63. The molecule has 178 valence electrons. The minimum atomic E-state index is -1.26. The molecule has 1 amide bonds. The standard InChI is InChI=1S/C26H26N6O2S/c1-17(2)31-35(34)23-10-6-18(7-11-23)19-12-13-27-24(15-19)26(33)29-21-5-3-4-20(14-21)25-30-28-16-32(25)22-8-9-22/h3-7,10-17,22,31H,8-9H2,1-2H3,(H,29,33). The van der Waals surface area contributed by atoms with Gasteiger partial charge in [0, 0.05) is 29.5 Å². The highest BCUT2D eigenvalue weighted by Crippen LogP contribution is 2.37. The van der Waals surface area contributed by atoms with Crippen LogP contribution in [0.5, 0.6) is 0 Å². The lowest BCUT2D eigenvalue weighted by atomic mass is 10.1. The number of nitrogens with zero attached hydrogens (tertiary/aromatic N) is 4. The number of aromatic nitrogens is 4. The predicted molar refractivity (Wildman–Crippen MR) is 136 cm³/mol. The number of hydrogen-bond acceptors (Lipinski definition) is 6. The Bertz CT molecular complexity index is 1330. The van der Waals surface area contributed by atoms with Gasteiger partial charge in [0.1, 0.15) is 12.0 Å². The third kappa shape index (κ3) is 5.43. The summed E-state index contributed by atoms with van der Waals surface area (Å²) in [5.41, 5.74) is 3.63. The van der Waals surface area contributed by atoms with E-state index in [2.05, 4.69) is 29.8 Å². The molecular formula is C26H26N6O2S. The summed E-state index contributed by atoms with van der Waals surface area (Å²) in [4.78, 5) is 17.9. The average Bonchev–Trinajstić information content (AvgIpc) is 3.59. The predicted octanol–water partition coefficient (Wildman–Crippen LogP) is 4.61. The third-order valence-corrected chi connectivity index (χ3v) is 7.01. The van der Waals surface area contributed by atoms with E-state index in [1.165, 1.54) is 0 Å². The van der Waals surface area contributed by atoms with E-state index in [1.54, 1.807) is 18.6 Å². The molecule has 9 heteroatoms. The lowest BCUT2D eigenvalue weighted by Gasteiger charge is -2.13. The first-order valence-electron chi connectivity index (χ1n) is 11.5. The van der Waals surface area contributed by atoms with Gasteiger partial charge >= 0.3 is 0 Å². The van der Waals surface area contributed by atoms with Gasteiger partial charge in [0.2, 0.25) is 0 Å². The summed E-state index contributed by atoms with van der Waals surface area (Å²) in [6.07, 6.45) is 5.65. The van der Waals surface area contributed by atoms with Gasteiger partial charge in [-0.15, -0.1) is 14.9 Å². The molecule has 0 spiro atoms. The maximum atomic E-state index is 13.0. The first-order chi connectivity index (χ1) is 17.0. The maximum absolute atomic E-state index is 13.0. The summed E-state index contributed by atoms with van der Waals surface area (Å²) >= 11 is -1.26. The minimum absolute atomic E-state index is 0.120. The van der Waals surface area contributed by atoms with Crippen molar-refractivity contribution in [3.05, 3.63) is 78.9 Å². The van der Waals surface area contributed by atoms with Crippen molar-refractivity contribution in [2.75, 3.05) is 5.32 Å². The van der Waals surface area contributed by atoms with Crippen molar-refractivity contribution in [3.63, 3.8) is 0 Å². The molecule has 1 unspecified atom stereocenters. The molecular weight excluding hydrogens is 460 g/mol. The molecule has 1 saturated carbocycles. The molecule has 5 rings (SSSR count). The van der Waals surface area contributed by atoms with Crippen LogP contribution in [0.25, 0.3) is 22.5 Å². The highest BCUT2D eigenvalue weighted by molar-refractivity contribution is 7.89. The van der Waals surface area contributed by atoms with Crippen molar-refractivity contribution in [1.82, 2.24) is 24.5 Å². The molecule has 1 fully saturated rings. The molecule has 4 aromatic rings. The summed E-state index contributed by atoms with van der Waals surface area (Å²) in [6.45, 7) is 3.90. The molecule has 1 aliphatic carbocycles. The second kappa shape index (κ2) is 9.99. The number of carbonyl (C=O) groups is 1. The molecule has 8 nitrogen and oxygen atoms in total. The van der Waals surface area contributed by atoms with Gasteiger partial charge in [-0.1, -0.05) is 12.1 Å².